The fourth-order valence-corrected chi connectivity index (χ4v) is 22.4. The topological polar surface area (TPSA) is 157 Å². The van der Waals surface area contributed by atoms with E-state index >= 15 is 0 Å². The number of rotatable bonds is 14. The average Bonchev–Trinajstić information content (AvgIpc) is 1.57. The molecule has 0 saturated heterocycles. The minimum Gasteiger partial charge on any atom is -0.326 e. The molecule has 11 nitrogen and oxygen atoms in total. The number of anilines is 2. The first-order chi connectivity index (χ1) is 57.2. The van der Waals surface area contributed by atoms with Crippen molar-refractivity contribution in [3.05, 3.63) is 290 Å². The number of aromatic nitrogens is 5. The molecule has 5 aromatic heterocycles. The van der Waals surface area contributed by atoms with Crippen molar-refractivity contribution in [2.45, 2.75) is 191 Å². The Morgan fingerprint density at radius 1 is 0.415 bits per heavy atom. The molecule has 118 heavy (non-hydrogen) atoms. The summed E-state index contributed by atoms with van der Waals surface area (Å²) < 4.78 is 27.6. The molecule has 5 heterocycles. The first-order valence-corrected chi connectivity index (χ1v) is 44.0. The largest absolute Gasteiger partial charge is 0.326 e. The Kier molecular flexibility index (Phi) is 23.9. The molecule has 604 valence electrons. The molecule has 8 saturated carbocycles. The highest BCUT2D eigenvalue weighted by Gasteiger charge is 2.58. The summed E-state index contributed by atoms with van der Waals surface area (Å²) in [4.78, 5) is 72.7. The van der Waals surface area contributed by atoms with E-state index in [-0.39, 0.29) is 52.4 Å². The van der Waals surface area contributed by atoms with Crippen LogP contribution in [0.4, 0.5) is 20.2 Å². The molecule has 8 aliphatic carbocycles. The van der Waals surface area contributed by atoms with Gasteiger partial charge in [0.1, 0.15) is 17.4 Å². The van der Waals surface area contributed by atoms with Crippen LogP contribution in [0.2, 0.25) is 20.1 Å². The number of amides is 2. The molecule has 0 aliphatic heterocycles. The number of carbonyl (C=O) groups is 4. The van der Waals surface area contributed by atoms with Crippen LogP contribution < -0.4 is 10.6 Å². The number of carbonyl (C=O) groups excluding carboxylic acids is 4. The summed E-state index contributed by atoms with van der Waals surface area (Å²) in [5.74, 6) is 3.52. The van der Waals surface area contributed by atoms with Crippen molar-refractivity contribution in [1.29, 1.82) is 0 Å². The van der Waals surface area contributed by atoms with E-state index in [4.69, 9.17) is 46.4 Å². The molecule has 20 rings (SSSR count). The van der Waals surface area contributed by atoms with Crippen LogP contribution in [-0.2, 0) is 20.8 Å². The van der Waals surface area contributed by atoms with Crippen LogP contribution >= 0.6 is 46.4 Å². The van der Waals surface area contributed by atoms with E-state index in [1.165, 1.54) is 89.1 Å². The molecule has 17 heteroatoms. The van der Waals surface area contributed by atoms with Crippen molar-refractivity contribution < 1.29 is 28.0 Å². The lowest BCUT2D eigenvalue weighted by Crippen LogP contribution is -2.45. The summed E-state index contributed by atoms with van der Waals surface area (Å²) in [6.07, 6.45) is 38.5. The number of pyridine rings is 5. The predicted octanol–water partition coefficient (Wildman–Crippen LogP) is 26.7. The number of halogens is 6. The van der Waals surface area contributed by atoms with E-state index in [0.717, 1.165) is 170 Å². The summed E-state index contributed by atoms with van der Waals surface area (Å²) in [5.41, 5.74) is 13.9. The summed E-state index contributed by atoms with van der Waals surface area (Å²) in [6, 6.07) is 56.3. The monoisotopic (exact) mass is 1650 g/mol. The highest BCUT2D eigenvalue weighted by molar-refractivity contribution is 6.31. The Balaban J connectivity index is 0.000000113. The Morgan fingerprint density at radius 3 is 1.34 bits per heavy atom. The van der Waals surface area contributed by atoms with Crippen LogP contribution in [0.25, 0.3) is 43.5 Å². The average molecular weight is 1650 g/mol. The molecule has 4 spiro atoms. The number of aryl methyl sites for hydroxylation is 1. The van der Waals surface area contributed by atoms with Crippen LogP contribution in [0.1, 0.15) is 222 Å². The van der Waals surface area contributed by atoms with Gasteiger partial charge in [0.2, 0.25) is 11.8 Å². The standard InChI is InChI=1S/C26H25ClFNO.C25H24ClFN2O.2C25H25ClN2O/c27-20-3-1-19(2-4-20)25(30)13-17-15-26(16-17)10-7-18(8-11-26)22-9-12-29-24-6-5-21(28)14-23(22)24;26-18-1-4-20(5-2-18)29-24(30)17-14-25(15-17)10-7-16(8-11-25)21-9-12-28-23-6-3-19(27)13-22(21)23;1-16-12-23-21(15-28-16)20(8-11-27-23)18-6-9-25(10-7-18)14-22(25)24(29)13-17-2-4-19(26)5-3-17;26-20-4-6-21(7-5-20)28-24(29)19-14-25(15-19)11-8-18(9-12-25)22-3-1-2-17-10-13-27-16-23(17)22/h1-6,9,12,14,17-18H,7-8,10-11,13,15-16H2;1-6,9,12-13,16-17H,7-8,10-11,14-15H2,(H,29,30);2-5,8,11-12,15,18,22H,6-7,9-10,13-14H2,1H3;1-7,10,13,16,18-19H,8-9,11-12,14-15H2,(H,28,29)/t;;18?,22-,25?;/m..1./s1. The van der Waals surface area contributed by atoms with Crippen molar-refractivity contribution >= 4 is 125 Å². The van der Waals surface area contributed by atoms with Crippen LogP contribution in [0.15, 0.2) is 219 Å². The molecule has 2 N–H and O–H groups in total. The minimum atomic E-state index is -0.211. The smallest absolute Gasteiger partial charge is 0.227 e. The van der Waals surface area contributed by atoms with Gasteiger partial charge in [0.25, 0.3) is 0 Å². The number of Topliss-reactive ketones (excluding diaryl/α,β-unsaturated/α-hetero) is 2. The first-order valence-electron chi connectivity index (χ1n) is 42.5. The number of hydrogen-bond acceptors (Lipinski definition) is 9. The molecule has 0 radical (unpaired) electrons. The third-order valence-electron chi connectivity index (χ3n) is 28.5. The predicted molar refractivity (Wildman–Crippen MR) is 471 cm³/mol. The first kappa shape index (κ1) is 81.0. The number of fused-ring (bicyclic) bond motifs is 4. The van der Waals surface area contributed by atoms with Gasteiger partial charge in [0.05, 0.1) is 16.6 Å². The van der Waals surface area contributed by atoms with Gasteiger partial charge in [-0.15, -0.1) is 0 Å². The molecular formula is C101H99Cl4F2N7O4. The van der Waals surface area contributed by atoms with Crippen LogP contribution in [0, 0.1) is 63.9 Å². The van der Waals surface area contributed by atoms with Crippen molar-refractivity contribution in [2.24, 2.45) is 45.3 Å². The quantitative estimate of drug-likeness (QED) is 0.101. The summed E-state index contributed by atoms with van der Waals surface area (Å²) >= 11 is 23.7. The van der Waals surface area contributed by atoms with Gasteiger partial charge in [0.15, 0.2) is 5.78 Å². The summed E-state index contributed by atoms with van der Waals surface area (Å²) in [5, 5.41) is 14.4. The second-order valence-electron chi connectivity index (χ2n) is 35.9. The minimum absolute atomic E-state index is 0.0908. The fourth-order valence-electron chi connectivity index (χ4n) is 21.9. The van der Waals surface area contributed by atoms with Crippen molar-refractivity contribution in [3.63, 3.8) is 0 Å². The highest BCUT2D eigenvalue weighted by atomic mass is 35.5. The molecule has 0 unspecified atom stereocenters. The van der Waals surface area contributed by atoms with Gasteiger partial charge in [-0.25, -0.2) is 8.78 Å². The van der Waals surface area contributed by atoms with E-state index in [9.17, 15) is 28.0 Å². The zero-order valence-electron chi connectivity index (χ0n) is 66.7. The SMILES string of the molecule is Cc1cc2nccc(C3CCC4(CC3)C[C@@H]4C(=O)Cc3ccc(Cl)cc3)c2cn1.O=C(CC1CC2(CCC(c3ccnc4ccc(F)cc34)CC2)C1)c1ccc(Cl)cc1.O=C(Nc1ccc(Cl)cc1)C1CC2(CCC(c3cccc4ccncc34)CC2)C1.O=C(Nc1ccc(Cl)cc1)C1CC2(CCC(c3ccnc4ccc(F)cc34)CC2)C1. The van der Waals surface area contributed by atoms with Crippen LogP contribution in [-0.4, -0.2) is 48.3 Å². The number of nitrogens with one attached hydrogen (secondary N) is 2. The lowest BCUT2D eigenvalue weighted by molar-refractivity contribution is -0.129. The lowest BCUT2D eigenvalue weighted by atomic mass is 9.53. The zero-order chi connectivity index (χ0) is 81.3. The van der Waals surface area contributed by atoms with Gasteiger partial charge < -0.3 is 10.6 Å². The molecule has 8 fully saturated rings. The fraction of sp³-hybridized carbons (Fsp3) is 0.376. The van der Waals surface area contributed by atoms with E-state index < -0.39 is 0 Å². The van der Waals surface area contributed by atoms with Crippen molar-refractivity contribution in [1.82, 2.24) is 24.9 Å². The number of hydrogen-bond donors (Lipinski definition) is 2. The Morgan fingerprint density at radius 2 is 0.847 bits per heavy atom. The van der Waals surface area contributed by atoms with Gasteiger partial charge in [-0.05, 0) is 391 Å². The second-order valence-corrected chi connectivity index (χ2v) is 37.7. The summed E-state index contributed by atoms with van der Waals surface area (Å²) in [6.45, 7) is 2.01. The number of benzene rings is 7. The molecule has 7 aromatic carbocycles. The summed E-state index contributed by atoms with van der Waals surface area (Å²) in [7, 11) is 0. The zero-order valence-corrected chi connectivity index (χ0v) is 69.7. The second kappa shape index (κ2) is 34.8. The third-order valence-corrected chi connectivity index (χ3v) is 29.5. The molecular weight excluding hydrogens is 1550 g/mol. The van der Waals surface area contributed by atoms with Gasteiger partial charge in [-0.1, -0.05) is 76.7 Å². The van der Waals surface area contributed by atoms with E-state index in [1.54, 1.807) is 48.5 Å². The molecule has 1 atom stereocenters. The van der Waals surface area contributed by atoms with Crippen LogP contribution in [0.3, 0.4) is 0 Å². The van der Waals surface area contributed by atoms with Gasteiger partial charge >= 0.3 is 0 Å². The van der Waals surface area contributed by atoms with Crippen LogP contribution in [0.5, 0.6) is 0 Å². The third kappa shape index (κ3) is 18.2. The van der Waals surface area contributed by atoms with E-state index in [0.29, 0.717) is 79.5 Å². The Labute approximate surface area is 709 Å². The van der Waals surface area contributed by atoms with Crippen molar-refractivity contribution in [3.8, 4) is 0 Å². The number of nitrogens with zero attached hydrogens (tertiary/aromatic N) is 5. The maximum Gasteiger partial charge on any atom is 0.227 e. The Bertz CT molecular complexity index is 5650. The maximum absolute atomic E-state index is 13.8. The molecule has 2 amide bonds. The van der Waals surface area contributed by atoms with Gasteiger partial charge in [-0.3, -0.25) is 44.1 Å². The molecule has 0 bridgehead atoms. The Hall–Kier alpha value is -9.37. The lowest BCUT2D eigenvalue weighted by Gasteiger charge is -2.52. The van der Waals surface area contributed by atoms with E-state index in [1.807, 2.05) is 123 Å². The molecule has 12 aromatic rings. The maximum atomic E-state index is 13.8. The normalized spacial score (nSPS) is 26.0. The van der Waals surface area contributed by atoms with Gasteiger partial charge in [-0.2, -0.15) is 0 Å². The highest BCUT2D eigenvalue weighted by Crippen LogP contribution is 2.65. The van der Waals surface area contributed by atoms with E-state index in [2.05, 4.69) is 78.0 Å². The van der Waals surface area contributed by atoms with Gasteiger partial charge in [0, 0.05) is 132 Å². The van der Waals surface area contributed by atoms with Crippen molar-refractivity contribution in [2.75, 3.05) is 10.6 Å². The number of ketones is 2. The molecule has 8 aliphatic rings.